The minimum Gasteiger partial charge on any atom is -0.505 e. The maximum absolute atomic E-state index is 13.7. The lowest BCUT2D eigenvalue weighted by Gasteiger charge is -2.35. The molecule has 0 spiro atoms. The average molecular weight is 348 g/mol. The molecule has 0 radical (unpaired) electrons. The predicted molar refractivity (Wildman–Crippen MR) is 89.3 cm³/mol. The maximum Gasteiger partial charge on any atom is 0.166 e. The van der Waals surface area contributed by atoms with E-state index >= 15 is 0 Å². The molecule has 122 valence electrons. The highest BCUT2D eigenvalue weighted by atomic mass is 35.5. The van der Waals surface area contributed by atoms with E-state index < -0.39 is 5.82 Å². The third kappa shape index (κ3) is 4.59. The second kappa shape index (κ2) is 9.65. The molecule has 7 heteroatoms. The third-order valence-corrected chi connectivity index (χ3v) is 3.56. The van der Waals surface area contributed by atoms with Crippen molar-refractivity contribution in [2.75, 3.05) is 26.2 Å². The van der Waals surface area contributed by atoms with Crippen LogP contribution >= 0.6 is 24.8 Å². The van der Waals surface area contributed by atoms with Crippen LogP contribution in [0.5, 0.6) is 5.75 Å². The second-order valence-corrected chi connectivity index (χ2v) is 4.83. The number of phenols is 1. The Hall–Kier alpha value is -1.32. The van der Waals surface area contributed by atoms with Crippen molar-refractivity contribution in [1.82, 2.24) is 10.2 Å². The topological polar surface area (TPSA) is 59.3 Å². The van der Waals surface area contributed by atoms with Gasteiger partial charge in [0, 0.05) is 37.8 Å². The van der Waals surface area contributed by atoms with Crippen LogP contribution in [0.1, 0.15) is 23.6 Å². The van der Waals surface area contributed by atoms with E-state index in [4.69, 9.17) is 5.26 Å². The number of piperazine rings is 1. The van der Waals surface area contributed by atoms with Crippen LogP contribution in [0.2, 0.25) is 0 Å². The molecule has 1 aromatic rings. The van der Waals surface area contributed by atoms with Gasteiger partial charge in [0.15, 0.2) is 11.6 Å². The molecule has 0 amide bonds. The summed E-state index contributed by atoms with van der Waals surface area (Å²) in [6.45, 7) is 7.08. The molecule has 0 unspecified atom stereocenters. The number of nitriles is 1. The summed E-state index contributed by atoms with van der Waals surface area (Å²) in [4.78, 5) is 2.17. The van der Waals surface area contributed by atoms with E-state index in [2.05, 4.69) is 16.8 Å². The van der Waals surface area contributed by atoms with Crippen molar-refractivity contribution >= 4 is 24.8 Å². The van der Waals surface area contributed by atoms with Gasteiger partial charge < -0.3 is 10.4 Å². The Labute approximate surface area is 142 Å². The van der Waals surface area contributed by atoms with Crippen molar-refractivity contribution in [3.8, 4) is 11.8 Å². The smallest absolute Gasteiger partial charge is 0.166 e. The largest absolute Gasteiger partial charge is 0.505 e. The van der Waals surface area contributed by atoms with Crippen LogP contribution in [-0.2, 0) is 0 Å². The Bertz CT molecular complexity index is 542. The van der Waals surface area contributed by atoms with Crippen LogP contribution < -0.4 is 5.32 Å². The molecule has 1 heterocycles. The van der Waals surface area contributed by atoms with E-state index in [0.29, 0.717) is 12.0 Å². The highest BCUT2D eigenvalue weighted by Crippen LogP contribution is 2.34. The lowest BCUT2D eigenvalue weighted by atomic mass is 9.98. The number of hydrogen-bond donors (Lipinski definition) is 2. The van der Waals surface area contributed by atoms with Gasteiger partial charge in [-0.1, -0.05) is 6.08 Å². The Morgan fingerprint density at radius 1 is 1.41 bits per heavy atom. The van der Waals surface area contributed by atoms with E-state index in [0.717, 1.165) is 32.2 Å². The molecule has 22 heavy (non-hydrogen) atoms. The van der Waals surface area contributed by atoms with E-state index in [1.54, 1.807) is 12.1 Å². The molecule has 1 aromatic carbocycles. The van der Waals surface area contributed by atoms with E-state index in [-0.39, 0.29) is 42.2 Å². The SMILES string of the molecule is C=CC[C@@H](c1cc(C#N)cc(F)c1O)N1CCNCC1.Cl.Cl. The first-order valence-electron chi connectivity index (χ1n) is 6.65. The summed E-state index contributed by atoms with van der Waals surface area (Å²) in [7, 11) is 0. The van der Waals surface area contributed by atoms with Crippen molar-refractivity contribution in [2.24, 2.45) is 0 Å². The van der Waals surface area contributed by atoms with Gasteiger partial charge in [-0.05, 0) is 18.6 Å². The van der Waals surface area contributed by atoms with Gasteiger partial charge in [0.1, 0.15) is 0 Å². The number of rotatable bonds is 4. The predicted octanol–water partition coefficient (Wildman–Crippen LogP) is 2.77. The second-order valence-electron chi connectivity index (χ2n) is 4.83. The summed E-state index contributed by atoms with van der Waals surface area (Å²) in [6.07, 6.45) is 2.35. The van der Waals surface area contributed by atoms with E-state index in [9.17, 15) is 9.50 Å². The summed E-state index contributed by atoms with van der Waals surface area (Å²) < 4.78 is 13.7. The summed E-state index contributed by atoms with van der Waals surface area (Å²) in [5.74, 6) is -1.11. The summed E-state index contributed by atoms with van der Waals surface area (Å²) >= 11 is 0. The quantitative estimate of drug-likeness (QED) is 0.822. The van der Waals surface area contributed by atoms with Crippen LogP contribution in [0, 0.1) is 17.1 Å². The molecule has 1 fully saturated rings. The zero-order valence-electron chi connectivity index (χ0n) is 12.1. The lowest BCUT2D eigenvalue weighted by Crippen LogP contribution is -2.45. The highest BCUT2D eigenvalue weighted by Gasteiger charge is 2.25. The van der Waals surface area contributed by atoms with Gasteiger partial charge in [0.2, 0.25) is 0 Å². The first-order chi connectivity index (χ1) is 9.67. The molecule has 0 aliphatic carbocycles. The monoisotopic (exact) mass is 347 g/mol. The van der Waals surface area contributed by atoms with Gasteiger partial charge in [-0.25, -0.2) is 4.39 Å². The molecular formula is C15H20Cl2FN3O. The van der Waals surface area contributed by atoms with Crippen LogP contribution in [0.4, 0.5) is 4.39 Å². The van der Waals surface area contributed by atoms with Crippen LogP contribution in [-0.4, -0.2) is 36.2 Å². The Balaban J connectivity index is 0.00000220. The van der Waals surface area contributed by atoms with Crippen LogP contribution in [0.15, 0.2) is 24.8 Å². The number of halogens is 3. The molecule has 2 rings (SSSR count). The first kappa shape index (κ1) is 20.7. The fraction of sp³-hybridized carbons (Fsp3) is 0.400. The number of phenolic OH excluding ortho intramolecular Hbond substituents is 1. The Morgan fingerprint density at radius 2 is 2.05 bits per heavy atom. The number of hydrogen-bond acceptors (Lipinski definition) is 4. The average Bonchev–Trinajstić information content (AvgIpc) is 2.48. The van der Waals surface area contributed by atoms with Crippen molar-refractivity contribution in [2.45, 2.75) is 12.5 Å². The van der Waals surface area contributed by atoms with E-state index in [1.165, 1.54) is 0 Å². The number of aromatic hydroxyl groups is 1. The van der Waals surface area contributed by atoms with E-state index in [1.807, 2.05) is 6.07 Å². The highest BCUT2D eigenvalue weighted by molar-refractivity contribution is 5.85. The number of nitrogens with zero attached hydrogens (tertiary/aromatic N) is 2. The molecule has 1 atom stereocenters. The molecule has 0 saturated carbocycles. The standard InChI is InChI=1S/C15H18FN3O.2ClH/c1-2-3-14(19-6-4-18-5-7-19)12-8-11(10-17)9-13(16)15(12)20;;/h2,8-9,14,18,20H,1,3-7H2;2*1H/t14-;;/m0../s1. The molecular weight excluding hydrogens is 328 g/mol. The summed E-state index contributed by atoms with van der Waals surface area (Å²) in [6, 6.07) is 4.39. The molecule has 1 saturated heterocycles. The molecule has 0 aromatic heterocycles. The van der Waals surface area contributed by atoms with Gasteiger partial charge in [-0.2, -0.15) is 5.26 Å². The molecule has 1 aliphatic rings. The van der Waals surface area contributed by atoms with Gasteiger partial charge in [0.25, 0.3) is 0 Å². The van der Waals surface area contributed by atoms with Crippen LogP contribution in [0.25, 0.3) is 0 Å². The fourth-order valence-corrected chi connectivity index (χ4v) is 2.56. The fourth-order valence-electron chi connectivity index (χ4n) is 2.56. The molecule has 4 nitrogen and oxygen atoms in total. The first-order valence-corrected chi connectivity index (χ1v) is 6.65. The summed E-state index contributed by atoms with van der Waals surface area (Å²) in [5.41, 5.74) is 0.683. The third-order valence-electron chi connectivity index (χ3n) is 3.56. The minimum atomic E-state index is -0.747. The molecule has 0 bridgehead atoms. The van der Waals surface area contributed by atoms with Gasteiger partial charge >= 0.3 is 0 Å². The van der Waals surface area contributed by atoms with Crippen LogP contribution in [0.3, 0.4) is 0 Å². The minimum absolute atomic E-state index is 0. The van der Waals surface area contributed by atoms with Crippen molar-refractivity contribution in [1.29, 1.82) is 5.26 Å². The number of benzene rings is 1. The normalized spacial score (nSPS) is 15.8. The van der Waals surface area contributed by atoms with Crippen molar-refractivity contribution < 1.29 is 9.50 Å². The van der Waals surface area contributed by atoms with Gasteiger partial charge in [-0.15, -0.1) is 31.4 Å². The molecule has 1 aliphatic heterocycles. The maximum atomic E-state index is 13.7. The van der Waals surface area contributed by atoms with Gasteiger partial charge in [-0.3, -0.25) is 4.90 Å². The Morgan fingerprint density at radius 3 is 2.59 bits per heavy atom. The summed E-state index contributed by atoms with van der Waals surface area (Å²) in [5, 5.41) is 22.2. The van der Waals surface area contributed by atoms with Crippen molar-refractivity contribution in [3.63, 3.8) is 0 Å². The van der Waals surface area contributed by atoms with Gasteiger partial charge in [0.05, 0.1) is 11.6 Å². The van der Waals surface area contributed by atoms with Crippen molar-refractivity contribution in [3.05, 3.63) is 41.7 Å². The molecule has 2 N–H and O–H groups in total. The number of nitrogens with one attached hydrogen (secondary N) is 1. The zero-order valence-corrected chi connectivity index (χ0v) is 13.7. The zero-order chi connectivity index (χ0) is 14.5. The lowest BCUT2D eigenvalue weighted by molar-refractivity contribution is 0.171. The Kier molecular flexibility index (Phi) is 9.07.